The van der Waals surface area contributed by atoms with Gasteiger partial charge in [0.15, 0.2) is 0 Å². The molecule has 3 atom stereocenters. The third-order valence-electron chi connectivity index (χ3n) is 8.71. The van der Waals surface area contributed by atoms with Gasteiger partial charge in [0.05, 0.1) is 11.2 Å². The maximum Gasteiger partial charge on any atom is 0.275 e. The number of aryl methyl sites for hydroxylation is 2. The normalized spacial score (nSPS) is 24.0. The molecule has 6 rings (SSSR count). The van der Waals surface area contributed by atoms with Crippen molar-refractivity contribution in [2.75, 3.05) is 7.05 Å². The van der Waals surface area contributed by atoms with E-state index in [2.05, 4.69) is 42.1 Å². The Kier molecular flexibility index (Phi) is 6.91. The quantitative estimate of drug-likeness (QED) is 0.294. The fraction of sp³-hybridized carbons (Fsp3) is 0.600. The number of ether oxygens (including phenoxy) is 1. The highest BCUT2D eigenvalue weighted by molar-refractivity contribution is 7.18. The molecule has 6 heteroatoms. The van der Waals surface area contributed by atoms with Crippen LogP contribution in [-0.4, -0.2) is 39.7 Å². The summed E-state index contributed by atoms with van der Waals surface area (Å²) in [5.41, 5.74) is 3.00. The van der Waals surface area contributed by atoms with E-state index in [1.54, 1.807) is 22.2 Å². The van der Waals surface area contributed by atoms with Gasteiger partial charge in [0, 0.05) is 17.0 Å². The summed E-state index contributed by atoms with van der Waals surface area (Å²) in [5, 5.41) is 0. The van der Waals surface area contributed by atoms with Gasteiger partial charge in [-0.2, -0.15) is 0 Å². The zero-order valence-electron chi connectivity index (χ0n) is 21.7. The summed E-state index contributed by atoms with van der Waals surface area (Å²) in [6, 6.07) is 9.75. The molecule has 0 amide bonds. The molecule has 192 valence electrons. The minimum atomic E-state index is 0.0442. The molecule has 0 radical (unpaired) electrons. The zero-order valence-corrected chi connectivity index (χ0v) is 22.6. The Balaban J connectivity index is 1.26. The van der Waals surface area contributed by atoms with Gasteiger partial charge in [0.25, 0.3) is 5.56 Å². The first-order valence-corrected chi connectivity index (χ1v) is 14.9. The smallest absolute Gasteiger partial charge is 0.275 e. The van der Waals surface area contributed by atoms with E-state index in [1.165, 1.54) is 55.4 Å². The van der Waals surface area contributed by atoms with Crippen molar-refractivity contribution in [3.05, 3.63) is 51.4 Å². The summed E-state index contributed by atoms with van der Waals surface area (Å²) in [6.45, 7) is 2.24. The number of benzene rings is 1. The van der Waals surface area contributed by atoms with Crippen LogP contribution in [0.3, 0.4) is 0 Å². The van der Waals surface area contributed by atoms with Crippen molar-refractivity contribution in [1.29, 1.82) is 0 Å². The molecule has 1 aromatic carbocycles. The van der Waals surface area contributed by atoms with Gasteiger partial charge in [0.2, 0.25) is 0 Å². The van der Waals surface area contributed by atoms with E-state index in [0.717, 1.165) is 59.7 Å². The molecule has 0 unspecified atom stereocenters. The second-order valence-corrected chi connectivity index (χ2v) is 12.5. The van der Waals surface area contributed by atoms with Crippen molar-refractivity contribution in [3.63, 3.8) is 0 Å². The summed E-state index contributed by atoms with van der Waals surface area (Å²) in [7, 11) is 2.27. The first-order valence-electron chi connectivity index (χ1n) is 14.1. The average Bonchev–Trinajstić information content (AvgIpc) is 3.58. The van der Waals surface area contributed by atoms with E-state index >= 15 is 0 Å². The van der Waals surface area contributed by atoms with E-state index in [4.69, 9.17) is 4.74 Å². The minimum absolute atomic E-state index is 0.0442. The Bertz CT molecular complexity index is 1260. The van der Waals surface area contributed by atoms with Crippen LogP contribution in [0.15, 0.2) is 35.4 Å². The largest absolute Gasteiger partial charge is 0.490 e. The number of unbranched alkanes of at least 4 members (excludes halogenated alkanes) is 2. The molecule has 1 aliphatic carbocycles. The van der Waals surface area contributed by atoms with Crippen molar-refractivity contribution in [2.24, 2.45) is 5.92 Å². The molecule has 3 aromatic rings. The second kappa shape index (κ2) is 10.3. The van der Waals surface area contributed by atoms with Crippen molar-refractivity contribution >= 4 is 21.6 Å². The average molecular weight is 506 g/mol. The number of hydrogen-bond donors (Lipinski definition) is 0. The van der Waals surface area contributed by atoms with Crippen molar-refractivity contribution < 1.29 is 4.74 Å². The Labute approximate surface area is 218 Å². The molecular formula is C30H39N3O2S. The van der Waals surface area contributed by atoms with Crippen LogP contribution in [0.5, 0.6) is 5.75 Å². The molecule has 2 aliphatic heterocycles. The summed E-state index contributed by atoms with van der Waals surface area (Å²) < 4.78 is 9.17. The van der Waals surface area contributed by atoms with Crippen LogP contribution in [0.1, 0.15) is 81.6 Å². The first kappa shape index (κ1) is 24.2. The number of piperidine rings is 1. The van der Waals surface area contributed by atoms with Gasteiger partial charge in [-0.3, -0.25) is 9.36 Å². The fourth-order valence-corrected chi connectivity index (χ4v) is 7.31. The molecule has 2 aromatic heterocycles. The Morgan fingerprint density at radius 2 is 1.86 bits per heavy atom. The molecule has 4 heterocycles. The number of hydrogen-bond acceptors (Lipinski definition) is 5. The third-order valence-corrected chi connectivity index (χ3v) is 9.88. The molecule has 5 nitrogen and oxygen atoms in total. The first-order chi connectivity index (χ1) is 17.6. The molecule has 3 fully saturated rings. The van der Waals surface area contributed by atoms with E-state index in [1.807, 2.05) is 6.07 Å². The molecule has 3 aliphatic rings. The summed E-state index contributed by atoms with van der Waals surface area (Å²) in [4.78, 5) is 22.0. The topological polar surface area (TPSA) is 47.4 Å². The van der Waals surface area contributed by atoms with E-state index in [0.29, 0.717) is 12.1 Å². The SMILES string of the molecule is CCCCCc1cc(-n2cnc3cc(CCC4CC4)sc3c2=O)ccc1O[C@H]1C[C@H]2CC[C@@H](C1)N2C. The van der Waals surface area contributed by atoms with Crippen LogP contribution in [0, 0.1) is 5.92 Å². The number of aromatic nitrogens is 2. The lowest BCUT2D eigenvalue weighted by atomic mass is 10.00. The van der Waals surface area contributed by atoms with Crippen LogP contribution in [0.2, 0.25) is 0 Å². The third kappa shape index (κ3) is 4.99. The van der Waals surface area contributed by atoms with Crippen LogP contribution in [0.4, 0.5) is 0 Å². The summed E-state index contributed by atoms with van der Waals surface area (Å²) in [5.74, 6) is 1.90. The van der Waals surface area contributed by atoms with Crippen LogP contribution < -0.4 is 10.3 Å². The van der Waals surface area contributed by atoms with Crippen LogP contribution in [0.25, 0.3) is 15.9 Å². The maximum atomic E-state index is 13.5. The monoisotopic (exact) mass is 505 g/mol. The van der Waals surface area contributed by atoms with Crippen molar-refractivity contribution in [2.45, 2.75) is 102 Å². The highest BCUT2D eigenvalue weighted by atomic mass is 32.1. The van der Waals surface area contributed by atoms with E-state index in [9.17, 15) is 4.79 Å². The standard InChI is InChI=1S/C30H39N3O2S/c1-3-4-5-6-21-15-24(12-14-28(21)35-25-16-22-10-11-23(17-25)32(22)2)33-19-31-27-18-26(13-9-20-7-8-20)36-29(27)30(33)34/h12,14-15,18-20,22-23,25H,3-11,13,16-17H2,1-2H3/t22-,23+,25+. The Morgan fingerprint density at radius 1 is 1.06 bits per heavy atom. The second-order valence-electron chi connectivity index (χ2n) is 11.3. The molecular weight excluding hydrogens is 466 g/mol. The minimum Gasteiger partial charge on any atom is -0.490 e. The van der Waals surface area contributed by atoms with E-state index in [-0.39, 0.29) is 11.7 Å². The molecule has 0 N–H and O–H groups in total. The van der Waals surface area contributed by atoms with Crippen molar-refractivity contribution in [3.8, 4) is 11.4 Å². The number of rotatable bonds is 10. The predicted molar refractivity (Wildman–Crippen MR) is 148 cm³/mol. The Hall–Kier alpha value is -2.18. The van der Waals surface area contributed by atoms with Crippen molar-refractivity contribution in [1.82, 2.24) is 14.5 Å². The zero-order chi connectivity index (χ0) is 24.6. The number of thiophene rings is 1. The van der Waals surface area contributed by atoms with Crippen LogP contribution in [-0.2, 0) is 12.8 Å². The van der Waals surface area contributed by atoms with E-state index < -0.39 is 0 Å². The highest BCUT2D eigenvalue weighted by Gasteiger charge is 2.39. The maximum absolute atomic E-state index is 13.5. The van der Waals surface area contributed by atoms with Gasteiger partial charge in [-0.05, 0) is 94.2 Å². The lowest BCUT2D eigenvalue weighted by Crippen LogP contribution is -2.43. The summed E-state index contributed by atoms with van der Waals surface area (Å²) in [6.07, 6.45) is 16.4. The fourth-order valence-electron chi connectivity index (χ4n) is 6.25. The molecule has 2 bridgehead atoms. The van der Waals surface area contributed by atoms with Gasteiger partial charge in [-0.25, -0.2) is 4.98 Å². The number of nitrogens with zero attached hydrogens (tertiary/aromatic N) is 3. The van der Waals surface area contributed by atoms with Gasteiger partial charge < -0.3 is 9.64 Å². The molecule has 0 spiro atoms. The molecule has 1 saturated carbocycles. The predicted octanol–water partition coefficient (Wildman–Crippen LogP) is 6.53. The Morgan fingerprint density at radius 3 is 2.61 bits per heavy atom. The molecule has 36 heavy (non-hydrogen) atoms. The van der Waals surface area contributed by atoms with Crippen LogP contribution >= 0.6 is 11.3 Å². The lowest BCUT2D eigenvalue weighted by Gasteiger charge is -2.36. The molecule has 2 saturated heterocycles. The number of fused-ring (bicyclic) bond motifs is 3. The van der Waals surface area contributed by atoms with Gasteiger partial charge in [0.1, 0.15) is 22.9 Å². The summed E-state index contributed by atoms with van der Waals surface area (Å²) >= 11 is 1.63. The highest BCUT2D eigenvalue weighted by Crippen LogP contribution is 2.37. The van der Waals surface area contributed by atoms with Gasteiger partial charge >= 0.3 is 0 Å². The van der Waals surface area contributed by atoms with Gasteiger partial charge in [-0.1, -0.05) is 32.6 Å². The lowest BCUT2D eigenvalue weighted by molar-refractivity contribution is 0.0655. The van der Waals surface area contributed by atoms with Gasteiger partial charge in [-0.15, -0.1) is 11.3 Å².